The van der Waals surface area contributed by atoms with Crippen molar-refractivity contribution in [1.82, 2.24) is 19.9 Å². The van der Waals surface area contributed by atoms with Crippen LogP contribution in [0.3, 0.4) is 0 Å². The number of fused-ring (bicyclic) bond motifs is 2. The molecule has 0 atom stereocenters. The fourth-order valence-electron chi connectivity index (χ4n) is 1.81. The van der Waals surface area contributed by atoms with Crippen molar-refractivity contribution in [3.8, 4) is 0 Å². The van der Waals surface area contributed by atoms with E-state index in [1.807, 2.05) is 48.5 Å². The highest BCUT2D eigenvalue weighted by Gasteiger charge is 1.89. The number of aromatic nitrogens is 4. The van der Waals surface area contributed by atoms with Crippen molar-refractivity contribution in [2.75, 3.05) is 0 Å². The largest absolute Gasteiger partial charge is 0.412 e. The van der Waals surface area contributed by atoms with E-state index in [2.05, 4.69) is 19.9 Å². The Morgan fingerprint density at radius 1 is 0.429 bits per heavy atom. The minimum absolute atomic E-state index is 0. The average Bonchev–Trinajstić information content (AvgIpc) is 2.56. The lowest BCUT2D eigenvalue weighted by Gasteiger charge is -1.90. The van der Waals surface area contributed by atoms with Gasteiger partial charge < -0.3 is 5.48 Å². The van der Waals surface area contributed by atoms with Crippen LogP contribution in [0.4, 0.5) is 0 Å². The van der Waals surface area contributed by atoms with Crippen LogP contribution < -0.4 is 0 Å². The summed E-state index contributed by atoms with van der Waals surface area (Å²) in [5, 5.41) is 0. The zero-order valence-corrected chi connectivity index (χ0v) is 11.2. The smallest absolute Gasteiger partial charge is 0.0886 e. The normalized spacial score (nSPS) is 9.52. The molecule has 104 valence electrons. The zero-order valence-electron chi connectivity index (χ0n) is 11.2. The van der Waals surface area contributed by atoms with Gasteiger partial charge in [-0.2, -0.15) is 0 Å². The highest BCUT2D eigenvalue weighted by atomic mass is 16.0. The molecule has 4 aromatic rings. The first-order valence-corrected chi connectivity index (χ1v) is 6.25. The fraction of sp³-hybridized carbons (Fsp3) is 0. The number of rotatable bonds is 0. The van der Waals surface area contributed by atoms with Gasteiger partial charge in [-0.1, -0.05) is 0 Å². The van der Waals surface area contributed by atoms with E-state index in [0.717, 1.165) is 22.1 Å². The Hall–Kier alpha value is -2.92. The van der Waals surface area contributed by atoms with Crippen LogP contribution in [0.1, 0.15) is 0 Å². The molecule has 0 aliphatic carbocycles. The quantitative estimate of drug-likeness (QED) is 0.494. The zero-order chi connectivity index (χ0) is 13.6. The summed E-state index contributed by atoms with van der Waals surface area (Å²) < 4.78 is 0. The molecule has 0 unspecified atom stereocenters. The van der Waals surface area contributed by atoms with Gasteiger partial charge in [0.25, 0.3) is 0 Å². The molecule has 5 nitrogen and oxygen atoms in total. The maximum Gasteiger partial charge on any atom is 0.0886 e. The molecule has 4 heterocycles. The van der Waals surface area contributed by atoms with Crippen molar-refractivity contribution >= 4 is 22.1 Å². The number of hydrogen-bond donors (Lipinski definition) is 0. The molecule has 4 rings (SSSR count). The monoisotopic (exact) mass is 278 g/mol. The second-order valence-corrected chi connectivity index (χ2v) is 4.09. The summed E-state index contributed by atoms with van der Waals surface area (Å²) in [6.07, 6.45) is 7.07. The van der Waals surface area contributed by atoms with E-state index in [4.69, 9.17) is 0 Å². The molecule has 0 saturated carbocycles. The maximum atomic E-state index is 4.12. The van der Waals surface area contributed by atoms with Crippen molar-refractivity contribution in [1.29, 1.82) is 0 Å². The third kappa shape index (κ3) is 3.55. The highest BCUT2D eigenvalue weighted by molar-refractivity contribution is 5.73. The van der Waals surface area contributed by atoms with Crippen LogP contribution in [0, 0.1) is 0 Å². The first-order valence-electron chi connectivity index (χ1n) is 6.25. The van der Waals surface area contributed by atoms with Crippen molar-refractivity contribution < 1.29 is 5.48 Å². The number of pyridine rings is 4. The van der Waals surface area contributed by atoms with Crippen LogP contribution in [0.15, 0.2) is 73.3 Å². The lowest BCUT2D eigenvalue weighted by molar-refractivity contribution is 0.824. The predicted octanol–water partition coefficient (Wildman–Crippen LogP) is 2.43. The molecular weight excluding hydrogens is 264 g/mol. The highest BCUT2D eigenvalue weighted by Crippen LogP contribution is 2.05. The summed E-state index contributed by atoms with van der Waals surface area (Å²) in [5.74, 6) is 0. The molecule has 0 saturated heterocycles. The Morgan fingerprint density at radius 2 is 0.667 bits per heavy atom. The van der Waals surface area contributed by atoms with Crippen LogP contribution >= 0.6 is 0 Å². The van der Waals surface area contributed by atoms with Crippen LogP contribution in [0.5, 0.6) is 0 Å². The van der Waals surface area contributed by atoms with Gasteiger partial charge in [-0.3, -0.25) is 19.9 Å². The fourth-order valence-corrected chi connectivity index (χ4v) is 1.81. The molecule has 0 aromatic carbocycles. The lowest BCUT2D eigenvalue weighted by atomic mass is 10.3. The summed E-state index contributed by atoms with van der Waals surface area (Å²) in [7, 11) is 0. The minimum Gasteiger partial charge on any atom is -0.412 e. The minimum atomic E-state index is 0. The van der Waals surface area contributed by atoms with Crippen molar-refractivity contribution in [2.45, 2.75) is 0 Å². The molecular formula is C16H14N4O. The van der Waals surface area contributed by atoms with E-state index in [0.29, 0.717) is 0 Å². The van der Waals surface area contributed by atoms with E-state index >= 15 is 0 Å². The molecule has 21 heavy (non-hydrogen) atoms. The van der Waals surface area contributed by atoms with Gasteiger partial charge in [-0.05, 0) is 48.5 Å². The SMILES string of the molecule is O.c1cnc2cccnc2c1.c1cnc2cccnc2c1. The van der Waals surface area contributed by atoms with E-state index < -0.39 is 0 Å². The lowest BCUT2D eigenvalue weighted by Crippen LogP contribution is -1.78. The molecule has 0 aliphatic rings. The van der Waals surface area contributed by atoms with Gasteiger partial charge in [0.15, 0.2) is 0 Å². The molecule has 5 heteroatoms. The average molecular weight is 278 g/mol. The van der Waals surface area contributed by atoms with Gasteiger partial charge in [0.05, 0.1) is 22.1 Å². The summed E-state index contributed by atoms with van der Waals surface area (Å²) in [4.78, 5) is 16.5. The van der Waals surface area contributed by atoms with Crippen LogP contribution in [0.2, 0.25) is 0 Å². The Bertz CT molecular complexity index is 634. The molecule has 0 radical (unpaired) electrons. The first-order chi connectivity index (χ1) is 9.93. The van der Waals surface area contributed by atoms with Crippen molar-refractivity contribution in [2.24, 2.45) is 0 Å². The maximum absolute atomic E-state index is 4.12. The third-order valence-electron chi connectivity index (χ3n) is 2.74. The van der Waals surface area contributed by atoms with E-state index in [1.165, 1.54) is 0 Å². The van der Waals surface area contributed by atoms with E-state index in [1.54, 1.807) is 24.8 Å². The van der Waals surface area contributed by atoms with Crippen LogP contribution in [0.25, 0.3) is 22.1 Å². The summed E-state index contributed by atoms with van der Waals surface area (Å²) in [5.41, 5.74) is 3.80. The molecule has 2 N–H and O–H groups in total. The molecule has 4 aromatic heterocycles. The van der Waals surface area contributed by atoms with E-state index in [-0.39, 0.29) is 5.48 Å². The van der Waals surface area contributed by atoms with Gasteiger partial charge in [-0.25, -0.2) is 0 Å². The standard InChI is InChI=1S/2C8H6N2.H2O/c2*1-3-7-8(9-5-1)4-2-6-10-7;/h2*1-6H;1H2. The second-order valence-electron chi connectivity index (χ2n) is 4.09. The first kappa shape index (κ1) is 14.5. The third-order valence-corrected chi connectivity index (χ3v) is 2.74. The molecule has 0 aliphatic heterocycles. The van der Waals surface area contributed by atoms with Gasteiger partial charge in [0, 0.05) is 24.8 Å². The molecule has 0 fully saturated rings. The van der Waals surface area contributed by atoms with Crippen molar-refractivity contribution in [3.05, 3.63) is 73.3 Å². The van der Waals surface area contributed by atoms with Gasteiger partial charge in [0.2, 0.25) is 0 Å². The number of hydrogen-bond acceptors (Lipinski definition) is 4. The summed E-state index contributed by atoms with van der Waals surface area (Å²) >= 11 is 0. The number of nitrogens with zero attached hydrogens (tertiary/aromatic N) is 4. The van der Waals surface area contributed by atoms with Crippen molar-refractivity contribution in [3.63, 3.8) is 0 Å². The Morgan fingerprint density at radius 3 is 0.905 bits per heavy atom. The van der Waals surface area contributed by atoms with Gasteiger partial charge >= 0.3 is 0 Å². The van der Waals surface area contributed by atoms with Crippen LogP contribution in [-0.4, -0.2) is 25.4 Å². The molecule has 0 bridgehead atoms. The summed E-state index contributed by atoms with van der Waals surface area (Å²) in [6.45, 7) is 0. The Labute approximate surface area is 121 Å². The topological polar surface area (TPSA) is 83.1 Å². The Balaban J connectivity index is 0.000000147. The predicted molar refractivity (Wildman–Crippen MR) is 82.7 cm³/mol. The summed E-state index contributed by atoms with van der Waals surface area (Å²) in [6, 6.07) is 15.3. The molecule has 0 amide bonds. The van der Waals surface area contributed by atoms with Gasteiger partial charge in [0.1, 0.15) is 0 Å². The van der Waals surface area contributed by atoms with Gasteiger partial charge in [-0.15, -0.1) is 0 Å². The van der Waals surface area contributed by atoms with Crippen LogP contribution in [-0.2, 0) is 0 Å². The Kier molecular flexibility index (Phi) is 4.84. The van der Waals surface area contributed by atoms with E-state index in [9.17, 15) is 0 Å². The molecule has 0 spiro atoms. The second kappa shape index (κ2) is 7.02.